The maximum Gasteiger partial charge on any atom is 0.120 e. The van der Waals surface area contributed by atoms with Crippen molar-refractivity contribution in [1.29, 1.82) is 5.26 Å². The fourth-order valence-electron chi connectivity index (χ4n) is 1.35. The molecule has 1 aromatic carbocycles. The first kappa shape index (κ1) is 12.8. The molecule has 86 valence electrons. The summed E-state index contributed by atoms with van der Waals surface area (Å²) in [5.74, 6) is 0.770. The van der Waals surface area contributed by atoms with Crippen LogP contribution in [0.1, 0.15) is 12.0 Å². The Morgan fingerprint density at radius 1 is 1.44 bits per heavy atom. The van der Waals surface area contributed by atoms with E-state index in [2.05, 4.69) is 11.4 Å². The molecule has 1 N–H and O–H groups in total. The first-order valence-corrected chi connectivity index (χ1v) is 5.56. The van der Waals surface area contributed by atoms with Crippen molar-refractivity contribution < 1.29 is 4.74 Å². The third kappa shape index (κ3) is 4.09. The van der Waals surface area contributed by atoms with E-state index in [9.17, 15) is 0 Å². The Labute approximate surface area is 101 Å². The van der Waals surface area contributed by atoms with Gasteiger partial charge in [-0.05, 0) is 30.7 Å². The van der Waals surface area contributed by atoms with Crippen LogP contribution in [0.25, 0.3) is 0 Å². The quantitative estimate of drug-likeness (QED) is 0.774. The third-order valence-corrected chi connectivity index (χ3v) is 2.60. The van der Waals surface area contributed by atoms with Gasteiger partial charge in [0, 0.05) is 18.0 Å². The van der Waals surface area contributed by atoms with Gasteiger partial charge in [-0.25, -0.2) is 0 Å². The van der Waals surface area contributed by atoms with Crippen LogP contribution in [0.15, 0.2) is 18.2 Å². The molecule has 0 heterocycles. The average molecular weight is 239 g/mol. The summed E-state index contributed by atoms with van der Waals surface area (Å²) in [5, 5.41) is 12.3. The number of hydrogen-bond donors (Lipinski definition) is 1. The SMILES string of the molecule is COc1ccc(CCNCCC#N)c(Cl)c1. The van der Waals surface area contributed by atoms with Crippen molar-refractivity contribution in [2.75, 3.05) is 20.2 Å². The van der Waals surface area contributed by atoms with E-state index in [0.29, 0.717) is 6.42 Å². The van der Waals surface area contributed by atoms with Gasteiger partial charge in [0.05, 0.1) is 13.2 Å². The molecule has 0 aromatic heterocycles. The van der Waals surface area contributed by atoms with Gasteiger partial charge < -0.3 is 10.1 Å². The van der Waals surface area contributed by atoms with Crippen LogP contribution in [0.3, 0.4) is 0 Å². The molecule has 0 aliphatic carbocycles. The topological polar surface area (TPSA) is 45.0 Å². The molecular formula is C12H15ClN2O. The summed E-state index contributed by atoms with van der Waals surface area (Å²) in [7, 11) is 1.62. The zero-order valence-electron chi connectivity index (χ0n) is 9.29. The van der Waals surface area contributed by atoms with Gasteiger partial charge in [-0.3, -0.25) is 0 Å². The summed E-state index contributed by atoms with van der Waals surface area (Å²) in [6, 6.07) is 7.76. The number of benzene rings is 1. The minimum atomic E-state index is 0.538. The Balaban J connectivity index is 2.40. The van der Waals surface area contributed by atoms with Gasteiger partial charge in [0.2, 0.25) is 0 Å². The third-order valence-electron chi connectivity index (χ3n) is 2.24. The molecule has 3 nitrogen and oxygen atoms in total. The number of halogens is 1. The normalized spacial score (nSPS) is 9.81. The highest BCUT2D eigenvalue weighted by Gasteiger charge is 2.01. The Morgan fingerprint density at radius 3 is 2.88 bits per heavy atom. The molecule has 0 fully saturated rings. The Morgan fingerprint density at radius 2 is 2.25 bits per heavy atom. The molecule has 0 atom stereocenters. The number of nitrogens with zero attached hydrogens (tertiary/aromatic N) is 1. The summed E-state index contributed by atoms with van der Waals surface area (Å²) in [6.07, 6.45) is 1.39. The maximum absolute atomic E-state index is 8.36. The average Bonchev–Trinajstić information content (AvgIpc) is 2.30. The first-order valence-electron chi connectivity index (χ1n) is 5.18. The van der Waals surface area contributed by atoms with Crippen LogP contribution >= 0.6 is 11.6 Å². The largest absolute Gasteiger partial charge is 0.497 e. The molecule has 0 bridgehead atoms. The second-order valence-corrected chi connectivity index (χ2v) is 3.77. The molecule has 0 saturated carbocycles. The van der Waals surface area contributed by atoms with Crippen molar-refractivity contribution >= 4 is 11.6 Å². The van der Waals surface area contributed by atoms with E-state index in [4.69, 9.17) is 21.6 Å². The lowest BCUT2D eigenvalue weighted by molar-refractivity contribution is 0.414. The van der Waals surface area contributed by atoms with E-state index < -0.39 is 0 Å². The highest BCUT2D eigenvalue weighted by Crippen LogP contribution is 2.22. The van der Waals surface area contributed by atoms with Gasteiger partial charge >= 0.3 is 0 Å². The molecule has 0 unspecified atom stereocenters. The monoisotopic (exact) mass is 238 g/mol. The van der Waals surface area contributed by atoms with Crippen LogP contribution in [0.5, 0.6) is 5.75 Å². The number of methoxy groups -OCH3 is 1. The van der Waals surface area contributed by atoms with E-state index in [0.717, 1.165) is 35.8 Å². The summed E-state index contributed by atoms with van der Waals surface area (Å²) in [6.45, 7) is 1.55. The molecule has 0 aliphatic rings. The van der Waals surface area contributed by atoms with Crippen LogP contribution in [-0.4, -0.2) is 20.2 Å². The van der Waals surface area contributed by atoms with E-state index >= 15 is 0 Å². The van der Waals surface area contributed by atoms with Gasteiger partial charge in [-0.15, -0.1) is 0 Å². The lowest BCUT2D eigenvalue weighted by Crippen LogP contribution is -2.18. The van der Waals surface area contributed by atoms with Crippen LogP contribution in [0.2, 0.25) is 5.02 Å². The van der Waals surface area contributed by atoms with Crippen molar-refractivity contribution in [1.82, 2.24) is 5.32 Å². The number of ether oxygens (including phenoxy) is 1. The summed E-state index contributed by atoms with van der Waals surface area (Å²) in [5.41, 5.74) is 1.09. The standard InChI is InChI=1S/C12H15ClN2O/c1-16-11-4-3-10(12(13)9-11)5-8-15-7-2-6-14/h3-4,9,15H,2,5,7-8H2,1H3. The molecule has 0 amide bonds. The van der Waals surface area contributed by atoms with Crippen LogP contribution in [0.4, 0.5) is 0 Å². The molecule has 1 aromatic rings. The van der Waals surface area contributed by atoms with Crippen molar-refractivity contribution in [3.05, 3.63) is 28.8 Å². The lowest BCUT2D eigenvalue weighted by atomic mass is 10.1. The molecule has 16 heavy (non-hydrogen) atoms. The molecule has 0 radical (unpaired) electrons. The van der Waals surface area contributed by atoms with Crippen LogP contribution in [-0.2, 0) is 6.42 Å². The van der Waals surface area contributed by atoms with E-state index in [1.54, 1.807) is 7.11 Å². The predicted molar refractivity (Wildman–Crippen MR) is 64.8 cm³/mol. The highest BCUT2D eigenvalue weighted by molar-refractivity contribution is 6.31. The first-order chi connectivity index (χ1) is 7.77. The van der Waals surface area contributed by atoms with Crippen molar-refractivity contribution in [2.24, 2.45) is 0 Å². The number of rotatable bonds is 6. The van der Waals surface area contributed by atoms with Gasteiger partial charge in [-0.1, -0.05) is 17.7 Å². The molecule has 0 saturated heterocycles. The molecule has 4 heteroatoms. The zero-order chi connectivity index (χ0) is 11.8. The summed E-state index contributed by atoms with van der Waals surface area (Å²) in [4.78, 5) is 0. The van der Waals surface area contributed by atoms with Gasteiger partial charge in [0.1, 0.15) is 5.75 Å². The van der Waals surface area contributed by atoms with Crippen molar-refractivity contribution in [3.8, 4) is 11.8 Å². The second kappa shape index (κ2) is 7.10. The van der Waals surface area contributed by atoms with Crippen LogP contribution in [0, 0.1) is 11.3 Å². The Kier molecular flexibility index (Phi) is 5.69. The van der Waals surface area contributed by atoms with E-state index in [1.165, 1.54) is 0 Å². The Hall–Kier alpha value is -1.24. The van der Waals surface area contributed by atoms with E-state index in [1.807, 2.05) is 18.2 Å². The van der Waals surface area contributed by atoms with E-state index in [-0.39, 0.29) is 0 Å². The smallest absolute Gasteiger partial charge is 0.120 e. The molecule has 0 spiro atoms. The Bertz CT molecular complexity index is 374. The fourth-order valence-corrected chi connectivity index (χ4v) is 1.62. The predicted octanol–water partition coefficient (Wildman–Crippen LogP) is 2.39. The van der Waals surface area contributed by atoms with Gasteiger partial charge in [-0.2, -0.15) is 5.26 Å². The number of nitriles is 1. The number of nitrogens with one attached hydrogen (secondary N) is 1. The van der Waals surface area contributed by atoms with Gasteiger partial charge in [0.25, 0.3) is 0 Å². The van der Waals surface area contributed by atoms with Crippen LogP contribution < -0.4 is 10.1 Å². The minimum absolute atomic E-state index is 0.538. The maximum atomic E-state index is 8.36. The highest BCUT2D eigenvalue weighted by atomic mass is 35.5. The van der Waals surface area contributed by atoms with Crippen molar-refractivity contribution in [2.45, 2.75) is 12.8 Å². The zero-order valence-corrected chi connectivity index (χ0v) is 10.0. The fraction of sp³-hybridized carbons (Fsp3) is 0.417. The van der Waals surface area contributed by atoms with Crippen molar-refractivity contribution in [3.63, 3.8) is 0 Å². The molecule has 1 rings (SSSR count). The number of hydrogen-bond acceptors (Lipinski definition) is 3. The molecular weight excluding hydrogens is 224 g/mol. The second-order valence-electron chi connectivity index (χ2n) is 3.37. The summed E-state index contributed by atoms with van der Waals surface area (Å²) < 4.78 is 5.07. The van der Waals surface area contributed by atoms with Gasteiger partial charge in [0.15, 0.2) is 0 Å². The lowest BCUT2D eigenvalue weighted by Gasteiger charge is -2.07. The summed E-state index contributed by atoms with van der Waals surface area (Å²) >= 11 is 6.09. The molecule has 0 aliphatic heterocycles. The minimum Gasteiger partial charge on any atom is -0.497 e.